The minimum absolute atomic E-state index is 0. The lowest BCUT2D eigenvalue weighted by molar-refractivity contribution is -0.742. The summed E-state index contributed by atoms with van der Waals surface area (Å²) in [5, 5.41) is 13.6. The van der Waals surface area contributed by atoms with Crippen molar-refractivity contribution in [2.75, 3.05) is 0 Å². The van der Waals surface area contributed by atoms with Crippen molar-refractivity contribution in [1.82, 2.24) is 0 Å². The molecule has 0 unspecified atom stereocenters. The highest BCUT2D eigenvalue weighted by atomic mass is 32.3. The summed E-state index contributed by atoms with van der Waals surface area (Å²) in [7, 11) is -4.67. The Kier molecular flexibility index (Phi) is 21.8. The third-order valence-corrected chi connectivity index (χ3v) is 0. The van der Waals surface area contributed by atoms with E-state index in [1.54, 1.807) is 0 Å². The smallest absolute Gasteiger partial charge is 0.328 e. The molecule has 3 N–H and O–H groups in total. The van der Waals surface area contributed by atoms with Gasteiger partial charge in [-0.15, -0.1) is 10.1 Å². The maximum absolute atomic E-state index is 8.74. The molecule has 0 rings (SSSR count). The zero-order valence-corrected chi connectivity index (χ0v) is 4.65. The molecule has 0 spiro atoms. The van der Waals surface area contributed by atoms with E-state index < -0.39 is 15.5 Å². The lowest BCUT2D eigenvalue weighted by Crippen LogP contribution is -1.89. The van der Waals surface area contributed by atoms with Gasteiger partial charge in [-0.25, -0.2) is 0 Å². The summed E-state index contributed by atoms with van der Waals surface area (Å²) in [6.45, 7) is 0. The van der Waals surface area contributed by atoms with Crippen LogP contribution in [-0.2, 0) is 10.4 Å². The first-order valence-electron chi connectivity index (χ1n) is 1.26. The molecule has 0 aliphatic heterocycles. The number of rotatable bonds is 0. The molecule has 0 saturated carbocycles. The van der Waals surface area contributed by atoms with Gasteiger partial charge in [0, 0.05) is 0 Å². The number of hydrogen-bond donors (Lipinski definition) is 3. The van der Waals surface area contributed by atoms with Crippen molar-refractivity contribution in [3.8, 4) is 0 Å². The minimum Gasteiger partial charge on any atom is -0.328 e. The second-order valence-corrected chi connectivity index (χ2v) is 1.58. The lowest BCUT2D eigenvalue weighted by Gasteiger charge is -1.68. The molecule has 0 aromatic carbocycles. The van der Waals surface area contributed by atoms with Crippen LogP contribution in [0.2, 0.25) is 0 Å². The van der Waals surface area contributed by atoms with Crippen molar-refractivity contribution in [2.24, 2.45) is 0 Å². The van der Waals surface area contributed by atoms with Crippen LogP contribution in [0.3, 0.4) is 0 Å². The van der Waals surface area contributed by atoms with Crippen LogP contribution in [-0.4, -0.2) is 73.9 Å². The fourth-order valence-corrected chi connectivity index (χ4v) is 0. The largest absolute Gasteiger partial charge is 0.394 e. The second-order valence-electron chi connectivity index (χ2n) is 0.686. The third kappa shape index (κ3) is 2160. The quantitative estimate of drug-likeness (QED) is 0.171. The summed E-state index contributed by atoms with van der Waals surface area (Å²) in [5.41, 5.74) is 0. The van der Waals surface area contributed by atoms with Crippen LogP contribution >= 0.6 is 0 Å². The highest BCUT2D eigenvalue weighted by Crippen LogP contribution is 1.59. The normalized spacial score (nSPS) is 7.45. The Hall–Kier alpha value is 0.602. The average Bonchev–Trinajstić information content (AvgIpc) is 1.19. The van der Waals surface area contributed by atoms with Crippen molar-refractivity contribution >= 4 is 56.5 Å². The van der Waals surface area contributed by atoms with Crippen molar-refractivity contribution in [3.63, 3.8) is 0 Å². The van der Waals surface area contributed by atoms with Crippen molar-refractivity contribution in [1.29, 1.82) is 0 Å². The molecule has 0 fully saturated rings. The fourth-order valence-electron chi connectivity index (χ4n) is 0. The molecule has 0 aliphatic rings. The number of nitrogens with zero attached hydrogens (tertiary/aromatic N) is 1. The molecule has 0 aromatic rings. The van der Waals surface area contributed by atoms with E-state index in [0.29, 0.717) is 0 Å². The summed E-state index contributed by atoms with van der Waals surface area (Å²) < 4.78 is 31.6. The Morgan fingerprint density at radius 3 is 1.18 bits per heavy atom. The maximum atomic E-state index is 8.74. The van der Waals surface area contributed by atoms with E-state index in [9.17, 15) is 0 Å². The molecule has 0 bridgehead atoms. The summed E-state index contributed by atoms with van der Waals surface area (Å²) in [6.07, 6.45) is 0. The van der Waals surface area contributed by atoms with E-state index in [4.69, 9.17) is 32.8 Å². The summed E-state index contributed by atoms with van der Waals surface area (Å²) in [6, 6.07) is 0. The Morgan fingerprint density at radius 1 is 1.18 bits per heavy atom. The van der Waals surface area contributed by atoms with Crippen molar-refractivity contribution < 1.29 is 27.8 Å². The van der Waals surface area contributed by atoms with E-state index >= 15 is 0 Å². The van der Waals surface area contributed by atoms with Crippen LogP contribution in [0.1, 0.15) is 0 Å². The first-order chi connectivity index (χ1) is 3.73. The summed E-state index contributed by atoms with van der Waals surface area (Å²) in [5.74, 6) is 0. The first-order valence-corrected chi connectivity index (χ1v) is 2.66. The van der Waals surface area contributed by atoms with Crippen LogP contribution in [0.4, 0.5) is 0 Å². The molecular formula is H7Mg2NO7S. The van der Waals surface area contributed by atoms with E-state index in [1.807, 2.05) is 0 Å². The molecule has 0 amide bonds. The van der Waals surface area contributed by atoms with Crippen LogP contribution in [0.5, 0.6) is 0 Å². The van der Waals surface area contributed by atoms with Crippen LogP contribution in [0, 0.1) is 10.1 Å². The van der Waals surface area contributed by atoms with Crippen molar-refractivity contribution in [2.45, 2.75) is 0 Å². The van der Waals surface area contributed by atoms with Crippen LogP contribution in [0.15, 0.2) is 0 Å². The van der Waals surface area contributed by atoms with E-state index in [0.717, 1.165) is 0 Å². The molecule has 0 radical (unpaired) electrons. The van der Waals surface area contributed by atoms with Gasteiger partial charge in [-0.3, -0.25) is 9.11 Å². The predicted molar refractivity (Wildman–Crippen MR) is 40.0 cm³/mol. The van der Waals surface area contributed by atoms with Gasteiger partial charge in [-0.1, -0.05) is 0 Å². The summed E-state index contributed by atoms with van der Waals surface area (Å²) >= 11 is 0. The standard InChI is InChI=1S/2Mg.HNO3.H2O4S.4H/c;;2-1(3)4;1-5(2,3)4;;;;/h;;(H,2,3,4);(H2,1,2,3,4);;;;. The zero-order chi connectivity index (χ0) is 8.08. The molecule has 11 heteroatoms. The predicted octanol–water partition coefficient (Wildman–Crippen LogP) is -2.83. The van der Waals surface area contributed by atoms with Gasteiger partial charge in [0.15, 0.2) is 0 Å². The van der Waals surface area contributed by atoms with Gasteiger partial charge < -0.3 is 5.21 Å². The van der Waals surface area contributed by atoms with Crippen molar-refractivity contribution in [3.05, 3.63) is 10.1 Å². The molecule has 0 heterocycles. The topological polar surface area (TPSA) is 138 Å². The maximum Gasteiger partial charge on any atom is 0.394 e. The molecule has 8 nitrogen and oxygen atoms in total. The first kappa shape index (κ1) is 22.6. The Morgan fingerprint density at radius 2 is 1.18 bits per heavy atom. The highest BCUT2D eigenvalue weighted by molar-refractivity contribution is 7.79. The average molecular weight is 214 g/mol. The molecule has 0 saturated heterocycles. The molecule has 0 aliphatic carbocycles. The number of hydrogen-bond acceptors (Lipinski definition) is 4. The van der Waals surface area contributed by atoms with E-state index in [2.05, 4.69) is 0 Å². The van der Waals surface area contributed by atoms with Gasteiger partial charge in [-0.05, 0) is 0 Å². The van der Waals surface area contributed by atoms with Gasteiger partial charge in [0.05, 0.1) is 0 Å². The Balaban J connectivity index is -0.0000000383. The fraction of sp³-hybridized carbons (Fsp3) is 0. The third-order valence-electron chi connectivity index (χ3n) is 0. The second kappa shape index (κ2) is 10.6. The molecular weight excluding hydrogens is 207 g/mol. The van der Waals surface area contributed by atoms with Crippen LogP contribution in [0.25, 0.3) is 0 Å². The monoisotopic (exact) mass is 213 g/mol. The van der Waals surface area contributed by atoms with Gasteiger partial charge in [-0.2, -0.15) is 8.42 Å². The molecule has 0 aromatic heterocycles. The van der Waals surface area contributed by atoms with Gasteiger partial charge in [0.1, 0.15) is 0 Å². The molecule has 64 valence electrons. The molecule has 0 atom stereocenters. The highest BCUT2D eigenvalue weighted by Gasteiger charge is 1.84. The minimum atomic E-state index is -4.67. The van der Waals surface area contributed by atoms with E-state index in [1.165, 1.54) is 0 Å². The summed E-state index contributed by atoms with van der Waals surface area (Å²) in [4.78, 5) is 8.36. The van der Waals surface area contributed by atoms with Gasteiger partial charge in [0.2, 0.25) is 0 Å². The molecule has 11 heavy (non-hydrogen) atoms. The Labute approximate surface area is 94.0 Å². The van der Waals surface area contributed by atoms with Crippen LogP contribution < -0.4 is 0 Å². The Bertz CT molecular complexity index is 159. The van der Waals surface area contributed by atoms with Gasteiger partial charge >= 0.3 is 56.5 Å². The van der Waals surface area contributed by atoms with E-state index in [-0.39, 0.29) is 46.1 Å². The van der Waals surface area contributed by atoms with Gasteiger partial charge in [0.25, 0.3) is 5.09 Å². The lowest BCUT2D eigenvalue weighted by atomic mass is 13.1. The SMILES string of the molecule is O=S(=O)(O)O.O=[N+]([O-])O.[MgH2].[MgH2]. The zero-order valence-electron chi connectivity index (χ0n) is 3.83.